The summed E-state index contributed by atoms with van der Waals surface area (Å²) in [6.45, 7) is 2.39. The molecule has 2 rings (SSSR count). The van der Waals surface area contributed by atoms with Crippen LogP contribution in [0.2, 0.25) is 0 Å². The van der Waals surface area contributed by atoms with Crippen LogP contribution in [0.15, 0.2) is 12.1 Å². The van der Waals surface area contributed by atoms with E-state index in [9.17, 15) is 4.79 Å². The predicted octanol–water partition coefficient (Wildman–Crippen LogP) is 1.48. The predicted molar refractivity (Wildman–Crippen MR) is 77.3 cm³/mol. The molecule has 110 valence electrons. The molecule has 5 heteroatoms. The Labute approximate surface area is 119 Å². The largest absolute Gasteiger partial charge is 0.496 e. The Hall–Kier alpha value is -1.75. The summed E-state index contributed by atoms with van der Waals surface area (Å²) in [5.74, 6) is 1.69. The first-order chi connectivity index (χ1) is 9.56. The van der Waals surface area contributed by atoms with Crippen LogP contribution in [0.4, 0.5) is 0 Å². The minimum atomic E-state index is -0.155. The van der Waals surface area contributed by atoms with Gasteiger partial charge in [-0.3, -0.25) is 4.79 Å². The first kappa shape index (κ1) is 14.7. The molecule has 5 nitrogen and oxygen atoms in total. The fourth-order valence-electron chi connectivity index (χ4n) is 2.22. The molecule has 1 aliphatic carbocycles. The molecule has 1 fully saturated rings. The zero-order valence-electron chi connectivity index (χ0n) is 12.2. The average Bonchev–Trinajstić information content (AvgIpc) is 3.29. The topological polar surface area (TPSA) is 73.6 Å². The highest BCUT2D eigenvalue weighted by Crippen LogP contribution is 2.31. The summed E-state index contributed by atoms with van der Waals surface area (Å²) in [5.41, 5.74) is 7.37. The highest BCUT2D eigenvalue weighted by molar-refractivity contribution is 5.95. The number of nitrogens with two attached hydrogens (primary N) is 1. The number of hydrogen-bond donors (Lipinski definition) is 2. The van der Waals surface area contributed by atoms with Gasteiger partial charge in [-0.1, -0.05) is 0 Å². The second-order valence-electron chi connectivity index (χ2n) is 5.22. The molecule has 20 heavy (non-hydrogen) atoms. The average molecular weight is 278 g/mol. The quantitative estimate of drug-likeness (QED) is 0.826. The van der Waals surface area contributed by atoms with Crippen molar-refractivity contribution in [2.75, 3.05) is 20.8 Å². The number of benzene rings is 1. The summed E-state index contributed by atoms with van der Waals surface area (Å²) in [4.78, 5) is 12.2. The molecule has 0 radical (unpaired) electrons. The number of carbonyl (C=O) groups is 1. The maximum atomic E-state index is 12.2. The highest BCUT2D eigenvalue weighted by Gasteiger charge is 2.28. The normalized spacial score (nSPS) is 15.6. The third-order valence-electron chi connectivity index (χ3n) is 3.74. The smallest absolute Gasteiger partial charge is 0.251 e. The van der Waals surface area contributed by atoms with E-state index in [0.717, 1.165) is 5.56 Å². The van der Waals surface area contributed by atoms with Gasteiger partial charge in [0.05, 0.1) is 14.2 Å². The monoisotopic (exact) mass is 278 g/mol. The summed E-state index contributed by atoms with van der Waals surface area (Å²) in [6.07, 6.45) is 2.34. The van der Waals surface area contributed by atoms with E-state index in [0.29, 0.717) is 29.5 Å². The van der Waals surface area contributed by atoms with E-state index in [1.54, 1.807) is 26.4 Å². The van der Waals surface area contributed by atoms with Gasteiger partial charge in [-0.15, -0.1) is 0 Å². The van der Waals surface area contributed by atoms with Crippen molar-refractivity contribution in [3.8, 4) is 11.5 Å². The van der Waals surface area contributed by atoms with Gasteiger partial charge in [0.2, 0.25) is 0 Å². The SMILES string of the molecule is COc1cc(C(=O)NCC(N)C2CC2)cc(OC)c1C. The molecule has 1 aromatic rings. The molecule has 0 spiro atoms. The lowest BCUT2D eigenvalue weighted by molar-refractivity contribution is 0.0949. The van der Waals surface area contributed by atoms with Crippen LogP contribution in [-0.4, -0.2) is 32.7 Å². The van der Waals surface area contributed by atoms with Gasteiger partial charge < -0.3 is 20.5 Å². The molecule has 1 saturated carbocycles. The molecule has 0 aromatic heterocycles. The van der Waals surface area contributed by atoms with E-state index in [1.807, 2.05) is 6.92 Å². The molecular weight excluding hydrogens is 256 g/mol. The van der Waals surface area contributed by atoms with E-state index >= 15 is 0 Å². The molecule has 0 bridgehead atoms. The summed E-state index contributed by atoms with van der Waals surface area (Å²) < 4.78 is 10.5. The van der Waals surface area contributed by atoms with Crippen LogP contribution in [0.3, 0.4) is 0 Å². The maximum absolute atomic E-state index is 12.2. The standard InChI is InChI=1S/C15H22N2O3/c1-9-13(19-2)6-11(7-14(9)20-3)15(18)17-8-12(16)10-4-5-10/h6-7,10,12H,4-5,8,16H2,1-3H3,(H,17,18). The lowest BCUT2D eigenvalue weighted by Crippen LogP contribution is -2.38. The lowest BCUT2D eigenvalue weighted by atomic mass is 10.1. The number of hydrogen-bond acceptors (Lipinski definition) is 4. The van der Waals surface area contributed by atoms with Crippen LogP contribution in [0.1, 0.15) is 28.8 Å². The van der Waals surface area contributed by atoms with Crippen molar-refractivity contribution < 1.29 is 14.3 Å². The van der Waals surface area contributed by atoms with E-state index in [4.69, 9.17) is 15.2 Å². The van der Waals surface area contributed by atoms with Gasteiger partial charge in [-0.05, 0) is 37.8 Å². The fraction of sp³-hybridized carbons (Fsp3) is 0.533. The molecule has 0 aliphatic heterocycles. The van der Waals surface area contributed by atoms with Crippen molar-refractivity contribution in [3.05, 3.63) is 23.3 Å². The Balaban J connectivity index is 2.08. The Morgan fingerprint density at radius 1 is 1.35 bits per heavy atom. The van der Waals surface area contributed by atoms with Crippen LogP contribution >= 0.6 is 0 Å². The highest BCUT2D eigenvalue weighted by atomic mass is 16.5. The fourth-order valence-corrected chi connectivity index (χ4v) is 2.22. The molecule has 1 aliphatic rings. The van der Waals surface area contributed by atoms with Crippen molar-refractivity contribution >= 4 is 5.91 Å². The van der Waals surface area contributed by atoms with Crippen molar-refractivity contribution in [3.63, 3.8) is 0 Å². The third kappa shape index (κ3) is 3.22. The molecular formula is C15H22N2O3. The molecule has 1 amide bonds. The third-order valence-corrected chi connectivity index (χ3v) is 3.74. The van der Waals surface area contributed by atoms with Gasteiger partial charge in [-0.2, -0.15) is 0 Å². The van der Waals surface area contributed by atoms with Crippen LogP contribution in [-0.2, 0) is 0 Å². The minimum Gasteiger partial charge on any atom is -0.496 e. The van der Waals surface area contributed by atoms with Gasteiger partial charge in [0.15, 0.2) is 0 Å². The summed E-state index contributed by atoms with van der Waals surface area (Å²) in [6, 6.07) is 3.49. The Morgan fingerprint density at radius 2 is 1.90 bits per heavy atom. The van der Waals surface area contributed by atoms with Crippen molar-refractivity contribution in [1.29, 1.82) is 0 Å². The number of rotatable bonds is 6. The molecule has 1 aromatic carbocycles. The van der Waals surface area contributed by atoms with Gasteiger partial charge in [0.1, 0.15) is 11.5 Å². The summed E-state index contributed by atoms with van der Waals surface area (Å²) in [7, 11) is 3.15. The number of amides is 1. The number of methoxy groups -OCH3 is 2. The van der Waals surface area contributed by atoms with Gasteiger partial charge in [0.25, 0.3) is 5.91 Å². The van der Waals surface area contributed by atoms with E-state index in [2.05, 4.69) is 5.32 Å². The van der Waals surface area contributed by atoms with Crippen LogP contribution in [0, 0.1) is 12.8 Å². The second-order valence-corrected chi connectivity index (χ2v) is 5.22. The molecule has 1 unspecified atom stereocenters. The summed E-state index contributed by atoms with van der Waals surface area (Å²) >= 11 is 0. The zero-order chi connectivity index (χ0) is 14.7. The first-order valence-electron chi connectivity index (χ1n) is 6.83. The van der Waals surface area contributed by atoms with Crippen LogP contribution in [0.25, 0.3) is 0 Å². The molecule has 0 saturated heterocycles. The van der Waals surface area contributed by atoms with Gasteiger partial charge in [0, 0.05) is 23.7 Å². The first-order valence-corrected chi connectivity index (χ1v) is 6.83. The van der Waals surface area contributed by atoms with E-state index in [-0.39, 0.29) is 11.9 Å². The van der Waals surface area contributed by atoms with Crippen molar-refractivity contribution in [2.24, 2.45) is 11.7 Å². The van der Waals surface area contributed by atoms with Crippen molar-refractivity contribution in [1.82, 2.24) is 5.32 Å². The zero-order valence-corrected chi connectivity index (χ0v) is 12.2. The Kier molecular flexibility index (Phi) is 4.49. The molecule has 3 N–H and O–H groups in total. The second kappa shape index (κ2) is 6.13. The lowest BCUT2D eigenvalue weighted by Gasteiger charge is -2.14. The summed E-state index contributed by atoms with van der Waals surface area (Å²) in [5, 5.41) is 2.87. The molecule has 0 heterocycles. The number of ether oxygens (including phenoxy) is 2. The number of carbonyl (C=O) groups excluding carboxylic acids is 1. The maximum Gasteiger partial charge on any atom is 0.251 e. The Morgan fingerprint density at radius 3 is 2.35 bits per heavy atom. The van der Waals surface area contributed by atoms with Crippen LogP contribution in [0.5, 0.6) is 11.5 Å². The van der Waals surface area contributed by atoms with Crippen LogP contribution < -0.4 is 20.5 Å². The van der Waals surface area contributed by atoms with Crippen molar-refractivity contribution in [2.45, 2.75) is 25.8 Å². The Bertz CT molecular complexity index is 473. The van der Waals surface area contributed by atoms with E-state index < -0.39 is 0 Å². The van der Waals surface area contributed by atoms with Gasteiger partial charge in [-0.25, -0.2) is 0 Å². The molecule has 1 atom stereocenters. The van der Waals surface area contributed by atoms with E-state index in [1.165, 1.54) is 12.8 Å². The van der Waals surface area contributed by atoms with Gasteiger partial charge >= 0.3 is 0 Å². The number of nitrogens with one attached hydrogen (secondary N) is 1. The minimum absolute atomic E-state index is 0.0492.